The van der Waals surface area contributed by atoms with E-state index in [4.69, 9.17) is 0 Å². The number of hydrogen-bond donors (Lipinski definition) is 0. The maximum absolute atomic E-state index is 12.4. The van der Waals surface area contributed by atoms with Crippen LogP contribution < -0.4 is 0 Å². The number of hydrogen-bond acceptors (Lipinski definition) is 2. The highest BCUT2D eigenvalue weighted by Gasteiger charge is 2.27. The highest BCUT2D eigenvalue weighted by atomic mass is 16.2. The fourth-order valence-corrected chi connectivity index (χ4v) is 2.34. The van der Waals surface area contributed by atoms with Crippen LogP contribution in [0, 0.1) is 19.8 Å². The molecule has 1 fully saturated rings. The second-order valence-corrected chi connectivity index (χ2v) is 5.19. The largest absolute Gasteiger partial charge is 0.337 e. The average molecular weight is 245 g/mol. The fourth-order valence-electron chi connectivity index (χ4n) is 2.34. The molecule has 1 atom stereocenters. The molecule has 1 aromatic carbocycles. The molecule has 3 heteroatoms. The zero-order chi connectivity index (χ0) is 13.3. The molecule has 1 saturated heterocycles. The van der Waals surface area contributed by atoms with Crippen LogP contribution in [0.3, 0.4) is 0 Å². The number of carbonyl (C=O) groups excluding carboxylic acids is 2. The molecule has 2 rings (SSSR count). The van der Waals surface area contributed by atoms with E-state index in [1.54, 1.807) is 4.90 Å². The van der Waals surface area contributed by atoms with E-state index in [2.05, 4.69) is 0 Å². The van der Waals surface area contributed by atoms with E-state index in [0.717, 1.165) is 16.7 Å². The molecular weight excluding hydrogens is 226 g/mol. The summed E-state index contributed by atoms with van der Waals surface area (Å²) in [6.45, 7) is 6.93. The van der Waals surface area contributed by atoms with Crippen molar-refractivity contribution in [1.29, 1.82) is 0 Å². The first-order chi connectivity index (χ1) is 8.49. The highest BCUT2D eigenvalue weighted by molar-refractivity contribution is 5.97. The third kappa shape index (κ3) is 2.45. The summed E-state index contributed by atoms with van der Waals surface area (Å²) in [6.07, 6.45) is 0.484. The van der Waals surface area contributed by atoms with Crippen molar-refractivity contribution in [2.45, 2.75) is 27.2 Å². The van der Waals surface area contributed by atoms with Gasteiger partial charge in [-0.1, -0.05) is 24.6 Å². The maximum atomic E-state index is 12.4. The van der Waals surface area contributed by atoms with Crippen molar-refractivity contribution in [3.05, 3.63) is 34.9 Å². The van der Waals surface area contributed by atoms with E-state index in [0.29, 0.717) is 19.5 Å². The number of Topliss-reactive ketones (excluding diaryl/α,β-unsaturated/α-hetero) is 1. The van der Waals surface area contributed by atoms with Crippen molar-refractivity contribution in [1.82, 2.24) is 4.90 Å². The smallest absolute Gasteiger partial charge is 0.254 e. The Labute approximate surface area is 108 Å². The Morgan fingerprint density at radius 3 is 2.72 bits per heavy atom. The number of rotatable bonds is 1. The summed E-state index contributed by atoms with van der Waals surface area (Å²) >= 11 is 0. The molecule has 0 N–H and O–H groups in total. The first kappa shape index (κ1) is 12.8. The van der Waals surface area contributed by atoms with Gasteiger partial charge < -0.3 is 4.90 Å². The number of carbonyl (C=O) groups is 2. The van der Waals surface area contributed by atoms with Gasteiger partial charge in [0.25, 0.3) is 5.91 Å². The molecule has 18 heavy (non-hydrogen) atoms. The molecule has 0 bridgehead atoms. The normalized spacial score (nSPS) is 20.1. The molecular formula is C15H19NO2. The van der Waals surface area contributed by atoms with Gasteiger partial charge in [0.05, 0.1) is 0 Å². The van der Waals surface area contributed by atoms with Crippen LogP contribution in [0.25, 0.3) is 0 Å². The number of aryl methyl sites for hydroxylation is 2. The number of likely N-dealkylation sites (tertiary alicyclic amines) is 1. The Bertz CT molecular complexity index is 493. The average Bonchev–Trinajstić information content (AvgIpc) is 2.35. The number of ketones is 1. The summed E-state index contributed by atoms with van der Waals surface area (Å²) in [5.41, 5.74) is 2.84. The molecule has 0 aliphatic carbocycles. The van der Waals surface area contributed by atoms with Crippen molar-refractivity contribution in [2.24, 2.45) is 5.92 Å². The first-order valence-electron chi connectivity index (χ1n) is 6.38. The van der Waals surface area contributed by atoms with Crippen LogP contribution in [0.5, 0.6) is 0 Å². The Kier molecular flexibility index (Phi) is 3.50. The second kappa shape index (κ2) is 4.92. The highest BCUT2D eigenvalue weighted by Crippen LogP contribution is 2.18. The Morgan fingerprint density at radius 1 is 1.33 bits per heavy atom. The van der Waals surface area contributed by atoms with Crippen molar-refractivity contribution in [3.8, 4) is 0 Å². The molecule has 0 aromatic heterocycles. The molecule has 1 aliphatic heterocycles. The molecule has 1 amide bonds. The van der Waals surface area contributed by atoms with Crippen LogP contribution in [0.1, 0.15) is 34.8 Å². The van der Waals surface area contributed by atoms with Crippen LogP contribution in [0.4, 0.5) is 0 Å². The van der Waals surface area contributed by atoms with E-state index < -0.39 is 0 Å². The summed E-state index contributed by atoms with van der Waals surface area (Å²) in [4.78, 5) is 25.7. The lowest BCUT2D eigenvalue weighted by atomic mass is 9.97. The van der Waals surface area contributed by atoms with Crippen molar-refractivity contribution in [2.75, 3.05) is 13.1 Å². The molecule has 0 radical (unpaired) electrons. The van der Waals surface area contributed by atoms with Crippen LogP contribution in [0.15, 0.2) is 18.2 Å². The summed E-state index contributed by atoms with van der Waals surface area (Å²) in [6, 6.07) is 5.91. The third-order valence-corrected chi connectivity index (χ3v) is 3.58. The summed E-state index contributed by atoms with van der Waals surface area (Å²) in [7, 11) is 0. The number of amides is 1. The Balaban J connectivity index is 2.21. The number of nitrogens with zero attached hydrogens (tertiary/aromatic N) is 1. The number of benzene rings is 1. The van der Waals surface area contributed by atoms with Gasteiger partial charge in [-0.2, -0.15) is 0 Å². The van der Waals surface area contributed by atoms with Gasteiger partial charge in [-0.05, 0) is 25.5 Å². The van der Waals surface area contributed by atoms with Gasteiger partial charge in [0.15, 0.2) is 0 Å². The predicted octanol–water partition coefficient (Wildman–Crippen LogP) is 2.35. The summed E-state index contributed by atoms with van der Waals surface area (Å²) in [5, 5.41) is 0. The van der Waals surface area contributed by atoms with Crippen LogP contribution >= 0.6 is 0 Å². The lowest BCUT2D eigenvalue weighted by Crippen LogP contribution is -2.43. The molecule has 0 saturated carbocycles. The summed E-state index contributed by atoms with van der Waals surface area (Å²) in [5.74, 6) is 0.281. The Morgan fingerprint density at radius 2 is 2.06 bits per heavy atom. The molecule has 1 unspecified atom stereocenters. The number of piperidine rings is 1. The van der Waals surface area contributed by atoms with Gasteiger partial charge in [0, 0.05) is 31.0 Å². The first-order valence-corrected chi connectivity index (χ1v) is 6.38. The second-order valence-electron chi connectivity index (χ2n) is 5.19. The molecule has 3 nitrogen and oxygen atoms in total. The predicted molar refractivity (Wildman–Crippen MR) is 70.6 cm³/mol. The quantitative estimate of drug-likeness (QED) is 0.761. The van der Waals surface area contributed by atoms with E-state index in [9.17, 15) is 9.59 Å². The van der Waals surface area contributed by atoms with Gasteiger partial charge in [-0.3, -0.25) is 9.59 Å². The van der Waals surface area contributed by atoms with E-state index in [-0.39, 0.29) is 17.6 Å². The molecule has 1 heterocycles. The minimum atomic E-state index is -0.0344. The van der Waals surface area contributed by atoms with Crippen LogP contribution in [-0.4, -0.2) is 29.7 Å². The van der Waals surface area contributed by atoms with Crippen LogP contribution in [0.2, 0.25) is 0 Å². The van der Waals surface area contributed by atoms with Crippen molar-refractivity contribution in [3.63, 3.8) is 0 Å². The van der Waals surface area contributed by atoms with E-state index in [1.165, 1.54) is 0 Å². The lowest BCUT2D eigenvalue weighted by Gasteiger charge is -2.30. The minimum Gasteiger partial charge on any atom is -0.337 e. The van der Waals surface area contributed by atoms with Gasteiger partial charge >= 0.3 is 0 Å². The zero-order valence-corrected chi connectivity index (χ0v) is 11.2. The third-order valence-electron chi connectivity index (χ3n) is 3.58. The van der Waals surface area contributed by atoms with Gasteiger partial charge in [0.2, 0.25) is 0 Å². The van der Waals surface area contributed by atoms with Crippen molar-refractivity contribution >= 4 is 11.7 Å². The fraction of sp³-hybridized carbons (Fsp3) is 0.467. The lowest BCUT2D eigenvalue weighted by molar-refractivity contribution is -0.124. The maximum Gasteiger partial charge on any atom is 0.254 e. The SMILES string of the molecule is Cc1ccc(C)c(C(=O)N2CCC(=O)C(C)C2)c1. The Hall–Kier alpha value is -1.64. The minimum absolute atomic E-state index is 0.0344. The van der Waals surface area contributed by atoms with Crippen molar-refractivity contribution < 1.29 is 9.59 Å². The van der Waals surface area contributed by atoms with E-state index in [1.807, 2.05) is 39.0 Å². The topological polar surface area (TPSA) is 37.4 Å². The van der Waals surface area contributed by atoms with Gasteiger partial charge in [-0.15, -0.1) is 0 Å². The molecule has 0 spiro atoms. The molecule has 1 aromatic rings. The van der Waals surface area contributed by atoms with Crippen LogP contribution in [-0.2, 0) is 4.79 Å². The van der Waals surface area contributed by atoms with Gasteiger partial charge in [0.1, 0.15) is 5.78 Å². The molecule has 1 aliphatic rings. The van der Waals surface area contributed by atoms with E-state index >= 15 is 0 Å². The monoisotopic (exact) mass is 245 g/mol. The summed E-state index contributed by atoms with van der Waals surface area (Å²) < 4.78 is 0. The molecule has 96 valence electrons. The zero-order valence-electron chi connectivity index (χ0n) is 11.2. The van der Waals surface area contributed by atoms with Gasteiger partial charge in [-0.25, -0.2) is 0 Å². The standard InChI is InChI=1S/C15H19NO2/c1-10-4-5-11(2)13(8-10)15(18)16-7-6-14(17)12(3)9-16/h4-5,8,12H,6-7,9H2,1-3H3.